The molecule has 2 aromatic carbocycles. The van der Waals surface area contributed by atoms with Crippen LogP contribution in [-0.4, -0.2) is 14.7 Å². The van der Waals surface area contributed by atoms with Gasteiger partial charge in [0.15, 0.2) is 15.6 Å². The molecule has 0 amide bonds. The number of anilines is 1. The lowest BCUT2D eigenvalue weighted by Gasteiger charge is -2.18. The Bertz CT molecular complexity index is 789. The minimum Gasteiger partial charge on any atom is -0.454 e. The van der Waals surface area contributed by atoms with Crippen molar-refractivity contribution in [2.75, 3.05) is 12.0 Å². The van der Waals surface area contributed by atoms with Crippen molar-refractivity contribution in [2.24, 2.45) is 0 Å². The first-order chi connectivity index (χ1) is 10.8. The maximum atomic E-state index is 12.4. The van der Waals surface area contributed by atoms with Gasteiger partial charge in [0.1, 0.15) is 10.6 Å². The summed E-state index contributed by atoms with van der Waals surface area (Å²) in [5, 5.41) is 0. The third kappa shape index (κ3) is 4.26. The van der Waals surface area contributed by atoms with Crippen molar-refractivity contribution in [3.8, 4) is 11.5 Å². The predicted molar refractivity (Wildman–Crippen MR) is 96.8 cm³/mol. The van der Waals surface area contributed by atoms with Crippen molar-refractivity contribution < 1.29 is 13.2 Å². The Morgan fingerprint density at radius 3 is 2.43 bits per heavy atom. The molecule has 0 unspecified atom stereocenters. The number of nitrogens with two attached hydrogens (primary N) is 1. The van der Waals surface area contributed by atoms with E-state index in [9.17, 15) is 8.42 Å². The summed E-state index contributed by atoms with van der Waals surface area (Å²) in [6.07, 6.45) is 3.68. The smallest absolute Gasteiger partial charge is 0.179 e. The number of halogens is 1. The van der Waals surface area contributed by atoms with Gasteiger partial charge in [-0.2, -0.15) is 0 Å². The quantitative estimate of drug-likeness (QED) is 0.724. The van der Waals surface area contributed by atoms with Crippen LogP contribution in [0.25, 0.3) is 0 Å². The molecule has 0 heterocycles. The fraction of sp³-hybridized carbons (Fsp3) is 0.294. The molecule has 2 aromatic rings. The summed E-state index contributed by atoms with van der Waals surface area (Å²) < 4.78 is 31.3. The van der Waals surface area contributed by atoms with Crippen molar-refractivity contribution in [2.45, 2.75) is 31.1 Å². The highest BCUT2D eigenvalue weighted by Crippen LogP contribution is 2.41. The van der Waals surface area contributed by atoms with Crippen LogP contribution < -0.4 is 10.5 Å². The second-order valence-electron chi connectivity index (χ2n) is 5.38. The van der Waals surface area contributed by atoms with Crippen LogP contribution in [0.5, 0.6) is 11.5 Å². The van der Waals surface area contributed by atoms with E-state index in [2.05, 4.69) is 22.9 Å². The summed E-state index contributed by atoms with van der Waals surface area (Å²) in [5.74, 6) is 0.751. The maximum absolute atomic E-state index is 12.4. The molecule has 4 nitrogen and oxygen atoms in total. The molecule has 0 bridgehead atoms. The monoisotopic (exact) mass is 397 g/mol. The van der Waals surface area contributed by atoms with Gasteiger partial charge < -0.3 is 10.5 Å². The molecule has 0 fully saturated rings. The Kier molecular flexibility index (Phi) is 5.70. The van der Waals surface area contributed by atoms with Crippen molar-refractivity contribution in [1.29, 1.82) is 0 Å². The Hall–Kier alpha value is -1.53. The van der Waals surface area contributed by atoms with E-state index in [-0.39, 0.29) is 10.6 Å². The van der Waals surface area contributed by atoms with Gasteiger partial charge in [-0.3, -0.25) is 0 Å². The second-order valence-corrected chi connectivity index (χ2v) is 8.18. The highest BCUT2D eigenvalue weighted by Gasteiger charge is 2.25. The molecule has 0 aliphatic rings. The molecule has 124 valence electrons. The molecule has 0 atom stereocenters. The van der Waals surface area contributed by atoms with Crippen molar-refractivity contribution >= 4 is 31.5 Å². The number of rotatable bonds is 6. The number of hydrogen-bond acceptors (Lipinski definition) is 4. The van der Waals surface area contributed by atoms with Gasteiger partial charge in [-0.1, -0.05) is 47.5 Å². The minimum absolute atomic E-state index is 0.168. The zero-order valence-corrected chi connectivity index (χ0v) is 15.6. The van der Waals surface area contributed by atoms with E-state index in [4.69, 9.17) is 10.5 Å². The summed E-state index contributed by atoms with van der Waals surface area (Å²) in [7, 11) is -3.49. The van der Waals surface area contributed by atoms with E-state index in [0.717, 1.165) is 18.4 Å². The third-order valence-corrected chi connectivity index (χ3v) is 5.31. The van der Waals surface area contributed by atoms with E-state index in [1.54, 1.807) is 18.2 Å². The number of ether oxygens (including phenoxy) is 1. The van der Waals surface area contributed by atoms with Gasteiger partial charge in [-0.25, -0.2) is 8.42 Å². The molecular formula is C17H20BrNO3S. The van der Waals surface area contributed by atoms with E-state index < -0.39 is 9.84 Å². The Labute approximate surface area is 145 Å². The Balaban J connectivity index is 2.64. The molecule has 2 rings (SSSR count). The van der Waals surface area contributed by atoms with E-state index in [1.165, 1.54) is 6.26 Å². The van der Waals surface area contributed by atoms with Crippen LogP contribution in [0, 0.1) is 0 Å². The zero-order valence-electron chi connectivity index (χ0n) is 13.2. The number of benzene rings is 2. The normalized spacial score (nSPS) is 11.4. The van der Waals surface area contributed by atoms with Crippen LogP contribution in [0.1, 0.15) is 25.3 Å². The third-order valence-electron chi connectivity index (χ3n) is 3.43. The van der Waals surface area contributed by atoms with Gasteiger partial charge in [0.05, 0.1) is 5.69 Å². The van der Waals surface area contributed by atoms with Crippen molar-refractivity contribution in [1.82, 2.24) is 0 Å². The largest absolute Gasteiger partial charge is 0.454 e. The Morgan fingerprint density at radius 2 is 1.87 bits per heavy atom. The van der Waals surface area contributed by atoms with Gasteiger partial charge >= 0.3 is 0 Å². The number of unbranched alkanes of at least 4 members (excludes halogenated alkanes) is 1. The van der Waals surface area contributed by atoms with Crippen LogP contribution in [0.4, 0.5) is 5.69 Å². The summed E-state index contributed by atoms with van der Waals surface area (Å²) in [6, 6.07) is 10.7. The fourth-order valence-corrected chi connectivity index (χ4v) is 4.29. The predicted octanol–water partition coefficient (Wildman–Crippen LogP) is 4.57. The first-order valence-corrected chi connectivity index (χ1v) is 10.1. The lowest BCUT2D eigenvalue weighted by molar-refractivity contribution is 0.468. The summed E-state index contributed by atoms with van der Waals surface area (Å²) >= 11 is 3.44. The first-order valence-electron chi connectivity index (χ1n) is 7.38. The molecule has 0 spiro atoms. The minimum atomic E-state index is -3.49. The molecular weight excluding hydrogens is 378 g/mol. The van der Waals surface area contributed by atoms with Gasteiger partial charge in [0.25, 0.3) is 0 Å². The van der Waals surface area contributed by atoms with Crippen molar-refractivity contribution in [3.63, 3.8) is 0 Å². The average Bonchev–Trinajstić information content (AvgIpc) is 2.48. The van der Waals surface area contributed by atoms with Crippen LogP contribution in [0.2, 0.25) is 0 Å². The summed E-state index contributed by atoms with van der Waals surface area (Å²) in [5.41, 5.74) is 7.05. The van der Waals surface area contributed by atoms with E-state index in [0.29, 0.717) is 22.3 Å². The van der Waals surface area contributed by atoms with Crippen LogP contribution in [0.3, 0.4) is 0 Å². The molecule has 0 aliphatic carbocycles. The Morgan fingerprint density at radius 1 is 1.22 bits per heavy atom. The van der Waals surface area contributed by atoms with Crippen LogP contribution >= 0.6 is 15.9 Å². The standard InChI is InChI=1S/C17H20BrNO3S/c1-3-4-10-13-14(18)11-15(19)16(17(13)23(2,20)21)22-12-8-6-5-7-9-12/h5-9,11H,3-4,10,19H2,1-2H3. The lowest BCUT2D eigenvalue weighted by atomic mass is 10.1. The molecule has 2 N–H and O–H groups in total. The molecule has 0 radical (unpaired) electrons. The van der Waals surface area contributed by atoms with Gasteiger partial charge in [0, 0.05) is 10.7 Å². The highest BCUT2D eigenvalue weighted by molar-refractivity contribution is 9.10. The number of para-hydroxylation sites is 1. The number of sulfone groups is 1. The van der Waals surface area contributed by atoms with Crippen molar-refractivity contribution in [3.05, 3.63) is 46.4 Å². The van der Waals surface area contributed by atoms with Crippen LogP contribution in [0.15, 0.2) is 45.8 Å². The topological polar surface area (TPSA) is 69.4 Å². The zero-order chi connectivity index (χ0) is 17.0. The summed E-state index contributed by atoms with van der Waals surface area (Å²) in [4.78, 5) is 0.168. The van der Waals surface area contributed by atoms with E-state index in [1.807, 2.05) is 18.2 Å². The fourth-order valence-electron chi connectivity index (χ4n) is 2.36. The SMILES string of the molecule is CCCCc1c(Br)cc(N)c(Oc2ccccc2)c1S(C)(=O)=O. The number of nitrogen functional groups attached to an aromatic ring is 1. The maximum Gasteiger partial charge on any atom is 0.179 e. The van der Waals surface area contributed by atoms with Crippen LogP contribution in [-0.2, 0) is 16.3 Å². The molecule has 23 heavy (non-hydrogen) atoms. The average molecular weight is 398 g/mol. The molecule has 0 saturated heterocycles. The molecule has 0 saturated carbocycles. The first kappa shape index (κ1) is 17.8. The molecule has 6 heteroatoms. The van der Waals surface area contributed by atoms with E-state index >= 15 is 0 Å². The highest BCUT2D eigenvalue weighted by atomic mass is 79.9. The summed E-state index contributed by atoms with van der Waals surface area (Å²) in [6.45, 7) is 2.06. The molecule has 0 aliphatic heterocycles. The van der Waals surface area contributed by atoms with Gasteiger partial charge in [0.2, 0.25) is 0 Å². The van der Waals surface area contributed by atoms with Gasteiger partial charge in [-0.15, -0.1) is 0 Å². The molecule has 0 aromatic heterocycles. The van der Waals surface area contributed by atoms with Gasteiger partial charge in [-0.05, 0) is 36.6 Å². The lowest BCUT2D eigenvalue weighted by Crippen LogP contribution is -2.08. The second kappa shape index (κ2) is 7.36. The number of hydrogen-bond donors (Lipinski definition) is 1.